The van der Waals surface area contributed by atoms with E-state index in [-0.39, 0.29) is 11.7 Å². The number of hydrogen-bond acceptors (Lipinski definition) is 4. The quantitative estimate of drug-likeness (QED) is 0.850. The van der Waals surface area contributed by atoms with Crippen LogP contribution in [0.4, 0.5) is 4.79 Å². The van der Waals surface area contributed by atoms with E-state index in [2.05, 4.69) is 5.32 Å². The van der Waals surface area contributed by atoms with Crippen molar-refractivity contribution in [1.29, 1.82) is 0 Å². The molecule has 0 saturated carbocycles. The van der Waals surface area contributed by atoms with Crippen molar-refractivity contribution in [2.24, 2.45) is 0 Å². The Morgan fingerprint density at radius 3 is 2.80 bits per heavy atom. The molecule has 0 spiro atoms. The highest BCUT2D eigenvalue weighted by Gasteiger charge is 2.41. The van der Waals surface area contributed by atoms with Gasteiger partial charge in [-0.1, -0.05) is 25.5 Å². The van der Waals surface area contributed by atoms with Gasteiger partial charge in [0.05, 0.1) is 5.41 Å². The third-order valence-corrected chi connectivity index (χ3v) is 4.69. The van der Waals surface area contributed by atoms with Crippen LogP contribution >= 0.6 is 0 Å². The van der Waals surface area contributed by atoms with Crippen LogP contribution in [0.15, 0.2) is 24.3 Å². The number of carbonyl (C=O) groups is 3. The molecule has 2 amide bonds. The molecule has 2 N–H and O–H groups in total. The number of nitrogens with one attached hydrogen (secondary N) is 1. The maximum atomic E-state index is 13.0. The Bertz CT molecular complexity index is 661. The summed E-state index contributed by atoms with van der Waals surface area (Å²) in [5.74, 6) is -0.782. The van der Waals surface area contributed by atoms with E-state index in [0.29, 0.717) is 6.42 Å². The number of carboxylic acid groups (broad SMARTS) is 1. The normalized spacial score (nSPS) is 20.7. The van der Waals surface area contributed by atoms with Gasteiger partial charge in [-0.3, -0.25) is 9.59 Å². The maximum Gasteiger partial charge on any atom is 0.413 e. The number of carboxylic acids is 1. The summed E-state index contributed by atoms with van der Waals surface area (Å²) in [6.45, 7) is 2.22. The smallest absolute Gasteiger partial charge is 0.413 e. The van der Waals surface area contributed by atoms with Gasteiger partial charge in [0, 0.05) is 13.6 Å². The summed E-state index contributed by atoms with van der Waals surface area (Å²) < 4.78 is 5.14. The molecule has 1 aromatic rings. The van der Waals surface area contributed by atoms with Crippen molar-refractivity contribution < 1.29 is 24.2 Å². The Morgan fingerprint density at radius 2 is 2.12 bits per heavy atom. The first-order chi connectivity index (χ1) is 11.9. The minimum atomic E-state index is -1.15. The molecule has 1 atom stereocenters. The number of aliphatic carboxylic acids is 1. The van der Waals surface area contributed by atoms with Crippen molar-refractivity contribution in [1.82, 2.24) is 10.2 Å². The maximum absolute atomic E-state index is 13.0. The highest BCUT2D eigenvalue weighted by molar-refractivity contribution is 5.88. The third kappa shape index (κ3) is 4.29. The Labute approximate surface area is 147 Å². The lowest BCUT2D eigenvalue weighted by Gasteiger charge is -2.33. The SMILES string of the molecule is CCC1(c2cccc(OC(=O)NCC(=O)O)c2)CCCCN(C)C1=O. The van der Waals surface area contributed by atoms with Gasteiger partial charge in [-0.25, -0.2) is 4.79 Å². The number of carbonyl (C=O) groups excluding carboxylic acids is 2. The Morgan fingerprint density at radius 1 is 1.36 bits per heavy atom. The molecule has 1 aliphatic heterocycles. The zero-order chi connectivity index (χ0) is 18.4. The zero-order valence-electron chi connectivity index (χ0n) is 14.6. The lowest BCUT2D eigenvalue weighted by atomic mass is 9.73. The number of benzene rings is 1. The van der Waals surface area contributed by atoms with Crippen molar-refractivity contribution in [3.63, 3.8) is 0 Å². The van der Waals surface area contributed by atoms with Crippen LogP contribution in [-0.4, -0.2) is 48.1 Å². The molecule has 0 bridgehead atoms. The first-order valence-electron chi connectivity index (χ1n) is 8.42. The van der Waals surface area contributed by atoms with E-state index in [1.165, 1.54) is 0 Å². The second-order valence-corrected chi connectivity index (χ2v) is 6.28. The topological polar surface area (TPSA) is 95.9 Å². The van der Waals surface area contributed by atoms with E-state index >= 15 is 0 Å². The molecule has 7 nitrogen and oxygen atoms in total. The van der Waals surface area contributed by atoms with Gasteiger partial charge < -0.3 is 20.1 Å². The summed E-state index contributed by atoms with van der Waals surface area (Å²) in [6, 6.07) is 6.92. The fourth-order valence-electron chi connectivity index (χ4n) is 3.30. The summed E-state index contributed by atoms with van der Waals surface area (Å²) in [7, 11) is 1.82. The standard InChI is InChI=1S/C18H24N2O5/c1-3-18(9-4-5-10-20(2)16(18)23)13-7-6-8-14(11-13)25-17(24)19-12-15(21)22/h6-8,11H,3-5,9-10,12H2,1-2H3,(H,19,24)(H,21,22). The van der Waals surface area contributed by atoms with Crippen LogP contribution in [0.25, 0.3) is 0 Å². The number of rotatable bonds is 5. The largest absolute Gasteiger partial charge is 0.480 e. The van der Waals surface area contributed by atoms with E-state index in [4.69, 9.17) is 9.84 Å². The molecule has 0 aliphatic carbocycles. The van der Waals surface area contributed by atoms with Crippen LogP contribution in [0, 0.1) is 0 Å². The first kappa shape index (κ1) is 18.8. The second kappa shape index (κ2) is 8.00. The van der Waals surface area contributed by atoms with Gasteiger partial charge in [0.2, 0.25) is 5.91 Å². The predicted molar refractivity (Wildman–Crippen MR) is 91.6 cm³/mol. The monoisotopic (exact) mass is 348 g/mol. The first-order valence-corrected chi connectivity index (χ1v) is 8.42. The number of nitrogens with zero attached hydrogens (tertiary/aromatic N) is 1. The zero-order valence-corrected chi connectivity index (χ0v) is 14.6. The summed E-state index contributed by atoms with van der Waals surface area (Å²) in [5, 5.41) is 10.7. The van der Waals surface area contributed by atoms with Crippen LogP contribution < -0.4 is 10.1 Å². The fourth-order valence-corrected chi connectivity index (χ4v) is 3.30. The molecular formula is C18H24N2O5. The van der Waals surface area contributed by atoms with Crippen molar-refractivity contribution >= 4 is 18.0 Å². The van der Waals surface area contributed by atoms with E-state index < -0.39 is 24.0 Å². The molecular weight excluding hydrogens is 324 g/mol. The molecule has 25 heavy (non-hydrogen) atoms. The van der Waals surface area contributed by atoms with Gasteiger partial charge in [0.15, 0.2) is 0 Å². The minimum Gasteiger partial charge on any atom is -0.480 e. The Kier molecular flexibility index (Phi) is 6.01. The van der Waals surface area contributed by atoms with Gasteiger partial charge >= 0.3 is 12.1 Å². The van der Waals surface area contributed by atoms with Crippen LogP contribution in [0.5, 0.6) is 5.75 Å². The van der Waals surface area contributed by atoms with Gasteiger partial charge in [0.1, 0.15) is 12.3 Å². The fraction of sp³-hybridized carbons (Fsp3) is 0.500. The molecule has 1 fully saturated rings. The molecule has 1 heterocycles. The van der Waals surface area contributed by atoms with Crippen molar-refractivity contribution in [3.8, 4) is 5.75 Å². The van der Waals surface area contributed by atoms with Crippen LogP contribution in [-0.2, 0) is 15.0 Å². The molecule has 0 radical (unpaired) electrons. The van der Waals surface area contributed by atoms with E-state index in [1.54, 1.807) is 23.1 Å². The molecule has 1 unspecified atom stereocenters. The highest BCUT2D eigenvalue weighted by Crippen LogP contribution is 2.38. The lowest BCUT2D eigenvalue weighted by Crippen LogP contribution is -2.43. The molecule has 7 heteroatoms. The van der Waals surface area contributed by atoms with Crippen LogP contribution in [0.3, 0.4) is 0 Å². The number of likely N-dealkylation sites (tertiary alicyclic amines) is 1. The van der Waals surface area contributed by atoms with Crippen LogP contribution in [0.2, 0.25) is 0 Å². The van der Waals surface area contributed by atoms with Gasteiger partial charge in [-0.2, -0.15) is 0 Å². The molecule has 136 valence electrons. The van der Waals surface area contributed by atoms with E-state index in [9.17, 15) is 14.4 Å². The molecule has 2 rings (SSSR count). The van der Waals surface area contributed by atoms with E-state index in [1.807, 2.05) is 20.0 Å². The average molecular weight is 348 g/mol. The van der Waals surface area contributed by atoms with Crippen molar-refractivity contribution in [2.75, 3.05) is 20.1 Å². The summed E-state index contributed by atoms with van der Waals surface area (Å²) >= 11 is 0. The molecule has 1 aromatic carbocycles. The molecule has 0 aromatic heterocycles. The summed E-state index contributed by atoms with van der Waals surface area (Å²) in [4.78, 5) is 36.9. The van der Waals surface area contributed by atoms with E-state index in [0.717, 1.165) is 31.4 Å². The Hall–Kier alpha value is -2.57. The minimum absolute atomic E-state index is 0.0833. The second-order valence-electron chi connectivity index (χ2n) is 6.28. The number of hydrogen-bond donors (Lipinski definition) is 2. The van der Waals surface area contributed by atoms with Gasteiger partial charge in [-0.15, -0.1) is 0 Å². The third-order valence-electron chi connectivity index (χ3n) is 4.69. The molecule has 1 aliphatic rings. The van der Waals surface area contributed by atoms with Crippen LogP contribution in [0.1, 0.15) is 38.2 Å². The van der Waals surface area contributed by atoms with Gasteiger partial charge in [-0.05, 0) is 37.0 Å². The number of ether oxygens (including phenoxy) is 1. The Balaban J connectivity index is 2.24. The lowest BCUT2D eigenvalue weighted by molar-refractivity contribution is -0.136. The predicted octanol–water partition coefficient (Wildman–Crippen LogP) is 2.15. The summed E-state index contributed by atoms with van der Waals surface area (Å²) in [5.41, 5.74) is 0.194. The van der Waals surface area contributed by atoms with Gasteiger partial charge in [0.25, 0.3) is 0 Å². The molecule has 1 saturated heterocycles. The number of likely N-dealkylation sites (N-methyl/N-ethyl adjacent to an activating group) is 1. The number of amides is 2. The average Bonchev–Trinajstić information content (AvgIpc) is 2.73. The summed E-state index contributed by atoms with van der Waals surface area (Å²) in [6.07, 6.45) is 2.49. The van der Waals surface area contributed by atoms with Crippen molar-refractivity contribution in [3.05, 3.63) is 29.8 Å². The van der Waals surface area contributed by atoms with Crippen molar-refractivity contribution in [2.45, 2.75) is 38.0 Å². The highest BCUT2D eigenvalue weighted by atomic mass is 16.6.